The molecule has 5 saturated carbocycles. The van der Waals surface area contributed by atoms with Crippen molar-refractivity contribution >= 4 is 23.8 Å². The second-order valence-electron chi connectivity index (χ2n) is 17.6. The number of aliphatic hydroxyl groups excluding tert-OH is 2. The SMILES string of the molecule is COC(=O)CC1(CNC(=O)CC[C@H](NC(=O)CC[C@@H](C)[C@H]2CC[C@H]3[C@@H]4[C@H](O)CC5C[C@H](O)CC[C@]5(C)[C@H]4CC[C@]23C)C(=O)O)CCCCC1. The summed E-state index contributed by atoms with van der Waals surface area (Å²) >= 11 is 0. The number of amides is 2. The maximum absolute atomic E-state index is 13.0. The zero-order chi connectivity index (χ0) is 35.6. The van der Waals surface area contributed by atoms with Gasteiger partial charge in [-0.25, -0.2) is 4.79 Å². The second-order valence-corrected chi connectivity index (χ2v) is 17.6. The first-order chi connectivity index (χ1) is 23.2. The van der Waals surface area contributed by atoms with Crippen molar-refractivity contribution < 1.29 is 39.2 Å². The Morgan fingerprint density at radius 3 is 2.20 bits per heavy atom. The highest BCUT2D eigenvalue weighted by atomic mass is 16.5. The number of hydrogen-bond acceptors (Lipinski definition) is 7. The number of esters is 1. The minimum atomic E-state index is -1.15. The van der Waals surface area contributed by atoms with E-state index < -0.39 is 12.0 Å². The van der Waals surface area contributed by atoms with Gasteiger partial charge >= 0.3 is 11.9 Å². The molecule has 10 heteroatoms. The highest BCUT2D eigenvalue weighted by Crippen LogP contribution is 2.68. The molecule has 0 aromatic heterocycles. The van der Waals surface area contributed by atoms with E-state index in [1.165, 1.54) is 7.11 Å². The quantitative estimate of drug-likeness (QED) is 0.161. The van der Waals surface area contributed by atoms with Crippen LogP contribution in [0.3, 0.4) is 0 Å². The fourth-order valence-corrected chi connectivity index (χ4v) is 12.0. The van der Waals surface area contributed by atoms with Crippen LogP contribution >= 0.6 is 0 Å². The van der Waals surface area contributed by atoms with Crippen LogP contribution < -0.4 is 10.6 Å². The van der Waals surface area contributed by atoms with Crippen LogP contribution in [0.5, 0.6) is 0 Å². The topological polar surface area (TPSA) is 162 Å². The number of aliphatic hydroxyl groups is 2. The molecule has 2 amide bonds. The lowest BCUT2D eigenvalue weighted by molar-refractivity contribution is -0.174. The highest BCUT2D eigenvalue weighted by Gasteiger charge is 2.62. The van der Waals surface area contributed by atoms with Crippen LogP contribution in [0.15, 0.2) is 0 Å². The molecule has 5 fully saturated rings. The third-order valence-electron chi connectivity index (χ3n) is 14.9. The first kappa shape index (κ1) is 38.0. The van der Waals surface area contributed by atoms with Gasteiger partial charge in [-0.3, -0.25) is 14.4 Å². The van der Waals surface area contributed by atoms with E-state index >= 15 is 0 Å². The summed E-state index contributed by atoms with van der Waals surface area (Å²) in [7, 11) is 1.37. The van der Waals surface area contributed by atoms with E-state index in [-0.39, 0.29) is 77.8 Å². The van der Waals surface area contributed by atoms with Gasteiger partial charge in [-0.1, -0.05) is 40.0 Å². The van der Waals surface area contributed by atoms with E-state index in [9.17, 15) is 34.5 Å². The molecule has 1 unspecified atom stereocenters. The molecular formula is C39H64N2O8. The predicted molar refractivity (Wildman–Crippen MR) is 185 cm³/mol. The molecule has 49 heavy (non-hydrogen) atoms. The molecule has 0 spiro atoms. The van der Waals surface area contributed by atoms with Gasteiger partial charge in [0.05, 0.1) is 25.7 Å². The third kappa shape index (κ3) is 8.15. The third-order valence-corrected chi connectivity index (χ3v) is 14.9. The monoisotopic (exact) mass is 688 g/mol. The number of nitrogens with one attached hydrogen (secondary N) is 2. The Morgan fingerprint density at radius 2 is 1.51 bits per heavy atom. The number of methoxy groups -OCH3 is 1. The van der Waals surface area contributed by atoms with Crippen LogP contribution in [-0.4, -0.2) is 71.0 Å². The van der Waals surface area contributed by atoms with Crippen molar-refractivity contribution in [2.75, 3.05) is 13.7 Å². The van der Waals surface area contributed by atoms with Gasteiger partial charge in [0.25, 0.3) is 0 Å². The number of carbonyl (C=O) groups is 4. The van der Waals surface area contributed by atoms with Crippen molar-refractivity contribution in [3.05, 3.63) is 0 Å². The average Bonchev–Trinajstić information content (AvgIpc) is 3.42. The predicted octanol–water partition coefficient (Wildman–Crippen LogP) is 5.37. The van der Waals surface area contributed by atoms with Crippen LogP contribution in [0.1, 0.15) is 136 Å². The summed E-state index contributed by atoms with van der Waals surface area (Å²) in [5.74, 6) is 0.358. The lowest BCUT2D eigenvalue weighted by Gasteiger charge is -2.62. The summed E-state index contributed by atoms with van der Waals surface area (Å²) in [4.78, 5) is 49.9. The van der Waals surface area contributed by atoms with Gasteiger partial charge in [0.15, 0.2) is 0 Å². The van der Waals surface area contributed by atoms with Gasteiger partial charge in [0.1, 0.15) is 6.04 Å². The number of ether oxygens (including phenoxy) is 1. The molecule has 5 aliphatic carbocycles. The molecule has 11 atom stereocenters. The van der Waals surface area contributed by atoms with Gasteiger partial charge in [-0.2, -0.15) is 0 Å². The van der Waals surface area contributed by atoms with Crippen molar-refractivity contribution in [3.63, 3.8) is 0 Å². The highest BCUT2D eigenvalue weighted by molar-refractivity contribution is 5.84. The van der Waals surface area contributed by atoms with Crippen molar-refractivity contribution in [1.82, 2.24) is 10.6 Å². The van der Waals surface area contributed by atoms with Crippen molar-refractivity contribution in [2.45, 2.75) is 155 Å². The smallest absolute Gasteiger partial charge is 0.326 e. The van der Waals surface area contributed by atoms with Crippen LogP contribution in [0.4, 0.5) is 0 Å². The van der Waals surface area contributed by atoms with Gasteiger partial charge in [0.2, 0.25) is 11.8 Å². The van der Waals surface area contributed by atoms with Crippen LogP contribution in [0.25, 0.3) is 0 Å². The molecule has 5 N–H and O–H groups in total. The molecule has 5 rings (SSSR count). The number of carbonyl (C=O) groups excluding carboxylic acids is 3. The number of carboxylic acid groups (broad SMARTS) is 1. The number of aliphatic carboxylic acids is 1. The number of hydrogen-bond donors (Lipinski definition) is 5. The van der Waals surface area contributed by atoms with Gasteiger partial charge in [-0.15, -0.1) is 0 Å². The summed E-state index contributed by atoms with van der Waals surface area (Å²) < 4.78 is 4.89. The van der Waals surface area contributed by atoms with Gasteiger partial charge in [0, 0.05) is 19.4 Å². The van der Waals surface area contributed by atoms with Crippen LogP contribution in [0.2, 0.25) is 0 Å². The lowest BCUT2D eigenvalue weighted by atomic mass is 9.43. The van der Waals surface area contributed by atoms with E-state index in [4.69, 9.17) is 4.74 Å². The largest absolute Gasteiger partial charge is 0.480 e. The summed E-state index contributed by atoms with van der Waals surface area (Å²) in [6, 6.07) is -1.14. The standard InChI is InChI=1S/C39H64N2O8/c1-24(27-9-10-28-35-29(15-19-38(27,28)3)37(2)18-14-26(42)20-25(37)21-31(35)43)8-12-33(45)41-30(36(47)48)11-13-32(44)40-23-39(22-34(46)49-4)16-6-5-7-17-39/h24-31,35,42-43H,5-23H2,1-4H3,(H,40,44)(H,41,45)(H,47,48)/t24-,25?,26-,27-,28+,29+,30+,31-,35+,37+,38-/m1/s1. The first-order valence-corrected chi connectivity index (χ1v) is 19.4. The second kappa shape index (κ2) is 15.6. The van der Waals surface area contributed by atoms with E-state index in [0.29, 0.717) is 42.6 Å². The Bertz CT molecular complexity index is 1200. The number of carboxylic acids is 1. The fraction of sp³-hybridized carbons (Fsp3) is 0.897. The fourth-order valence-electron chi connectivity index (χ4n) is 12.0. The average molecular weight is 689 g/mol. The molecule has 10 nitrogen and oxygen atoms in total. The zero-order valence-corrected chi connectivity index (χ0v) is 30.5. The molecule has 0 saturated heterocycles. The van der Waals surface area contributed by atoms with Gasteiger partial charge in [-0.05, 0) is 129 Å². The molecule has 278 valence electrons. The maximum Gasteiger partial charge on any atom is 0.326 e. The van der Waals surface area contributed by atoms with Crippen molar-refractivity contribution in [2.24, 2.45) is 51.8 Å². The van der Waals surface area contributed by atoms with Crippen molar-refractivity contribution in [3.8, 4) is 0 Å². The Hall–Kier alpha value is -2.20. The molecule has 0 heterocycles. The molecule has 5 aliphatic rings. The lowest BCUT2D eigenvalue weighted by Crippen LogP contribution is -2.58. The molecule has 0 bridgehead atoms. The molecular weight excluding hydrogens is 624 g/mol. The molecule has 0 radical (unpaired) electrons. The van der Waals surface area contributed by atoms with Crippen LogP contribution in [0, 0.1) is 51.8 Å². The number of fused-ring (bicyclic) bond motifs is 5. The van der Waals surface area contributed by atoms with E-state index in [1.54, 1.807) is 0 Å². The Balaban J connectivity index is 1.10. The van der Waals surface area contributed by atoms with E-state index in [1.807, 2.05) is 0 Å². The summed E-state index contributed by atoms with van der Waals surface area (Å²) in [5, 5.41) is 37.3. The van der Waals surface area contributed by atoms with Gasteiger partial charge < -0.3 is 30.7 Å². The van der Waals surface area contributed by atoms with E-state index in [2.05, 4.69) is 31.4 Å². The minimum Gasteiger partial charge on any atom is -0.480 e. The Kier molecular flexibility index (Phi) is 12.1. The molecule has 0 aromatic carbocycles. The summed E-state index contributed by atoms with van der Waals surface area (Å²) in [6.07, 6.45) is 13.3. The van der Waals surface area contributed by atoms with E-state index in [0.717, 1.165) is 83.5 Å². The molecule has 0 aliphatic heterocycles. The summed E-state index contributed by atoms with van der Waals surface area (Å²) in [6.45, 7) is 7.44. The van der Waals surface area contributed by atoms with Crippen molar-refractivity contribution in [1.29, 1.82) is 0 Å². The summed E-state index contributed by atoms with van der Waals surface area (Å²) in [5.41, 5.74) is -0.0275. The number of rotatable bonds is 13. The Morgan fingerprint density at radius 1 is 0.837 bits per heavy atom. The zero-order valence-electron chi connectivity index (χ0n) is 30.5. The molecule has 0 aromatic rings. The normalized spacial score (nSPS) is 37.8. The van der Waals surface area contributed by atoms with Crippen LogP contribution in [-0.2, 0) is 23.9 Å². The Labute approximate surface area is 293 Å². The maximum atomic E-state index is 13.0. The minimum absolute atomic E-state index is 0.00153. The first-order valence-electron chi connectivity index (χ1n) is 19.4.